The van der Waals surface area contributed by atoms with Gasteiger partial charge in [-0.3, -0.25) is 0 Å². The third kappa shape index (κ3) is 2.54. The van der Waals surface area contributed by atoms with Crippen LogP contribution in [0.25, 0.3) is 0 Å². The van der Waals surface area contributed by atoms with Gasteiger partial charge in [0.15, 0.2) is 5.76 Å². The minimum atomic E-state index is -1.12. The Hall–Kier alpha value is -2.05. The lowest BCUT2D eigenvalue weighted by Gasteiger charge is -2.31. The van der Waals surface area contributed by atoms with Crippen molar-refractivity contribution >= 4 is 12.0 Å². The van der Waals surface area contributed by atoms with Crippen molar-refractivity contribution in [1.29, 1.82) is 0 Å². The Morgan fingerprint density at radius 2 is 2.37 bits per heavy atom. The number of rotatable bonds is 3. The van der Waals surface area contributed by atoms with Gasteiger partial charge >= 0.3 is 12.0 Å². The third-order valence-corrected chi connectivity index (χ3v) is 3.44. The summed E-state index contributed by atoms with van der Waals surface area (Å²) in [6.07, 6.45) is 1.16. The molecule has 1 aromatic rings. The average molecular weight is 267 g/mol. The Labute approximate surface area is 110 Å². The van der Waals surface area contributed by atoms with E-state index in [0.717, 1.165) is 5.69 Å². The molecule has 0 aromatic carbocycles. The van der Waals surface area contributed by atoms with Crippen molar-refractivity contribution in [2.75, 3.05) is 6.54 Å². The number of carboxylic acids is 1. The highest BCUT2D eigenvalue weighted by Crippen LogP contribution is 2.29. The Morgan fingerprint density at radius 3 is 2.95 bits per heavy atom. The number of carbonyl (C=O) groups excluding carboxylic acids is 1. The van der Waals surface area contributed by atoms with Crippen molar-refractivity contribution in [2.24, 2.45) is 0 Å². The third-order valence-electron chi connectivity index (χ3n) is 3.44. The van der Waals surface area contributed by atoms with Crippen molar-refractivity contribution in [3.63, 3.8) is 0 Å². The molecule has 7 heteroatoms. The maximum absolute atomic E-state index is 12.0. The summed E-state index contributed by atoms with van der Waals surface area (Å²) in [7, 11) is 0. The van der Waals surface area contributed by atoms with Crippen molar-refractivity contribution < 1.29 is 19.2 Å². The zero-order valence-corrected chi connectivity index (χ0v) is 11.0. The van der Waals surface area contributed by atoms with E-state index in [1.807, 2.05) is 0 Å². The molecule has 104 valence electrons. The molecule has 1 atom stereocenters. The number of hydrogen-bond acceptors (Lipinski definition) is 4. The van der Waals surface area contributed by atoms with Crippen LogP contribution in [-0.4, -0.2) is 39.2 Å². The van der Waals surface area contributed by atoms with Crippen LogP contribution in [0.2, 0.25) is 0 Å². The number of likely N-dealkylation sites (tertiary alicyclic amines) is 1. The smallest absolute Gasteiger partial charge is 0.329 e. The van der Waals surface area contributed by atoms with Crippen LogP contribution >= 0.6 is 0 Å². The van der Waals surface area contributed by atoms with Crippen molar-refractivity contribution in [3.05, 3.63) is 17.5 Å². The van der Waals surface area contributed by atoms with Gasteiger partial charge in [0.25, 0.3) is 0 Å². The van der Waals surface area contributed by atoms with E-state index in [1.165, 1.54) is 4.90 Å². The highest BCUT2D eigenvalue weighted by molar-refractivity contribution is 5.86. The molecule has 1 aromatic heterocycles. The fourth-order valence-corrected chi connectivity index (χ4v) is 2.27. The van der Waals surface area contributed by atoms with Gasteiger partial charge in [-0.05, 0) is 26.7 Å². The van der Waals surface area contributed by atoms with Crippen molar-refractivity contribution in [1.82, 2.24) is 15.4 Å². The fourth-order valence-electron chi connectivity index (χ4n) is 2.27. The first kappa shape index (κ1) is 13.4. The molecular formula is C12H17N3O4. The first-order valence-corrected chi connectivity index (χ1v) is 6.14. The SMILES string of the molecule is Cc1cc(CNC(=O)N2CCCC2(C)C(=O)O)on1. The van der Waals surface area contributed by atoms with Gasteiger partial charge in [0.1, 0.15) is 5.54 Å². The molecule has 1 aliphatic heterocycles. The molecule has 1 unspecified atom stereocenters. The lowest BCUT2D eigenvalue weighted by Crippen LogP contribution is -2.53. The minimum Gasteiger partial charge on any atom is -0.480 e. The Kier molecular flexibility index (Phi) is 3.46. The first-order valence-electron chi connectivity index (χ1n) is 6.14. The molecule has 0 aliphatic carbocycles. The standard InChI is InChI=1S/C12H17N3O4/c1-8-6-9(19-14-8)7-13-11(18)15-5-3-4-12(15,2)10(16)17/h6H,3-5,7H2,1-2H3,(H,13,18)(H,16,17). The minimum absolute atomic E-state index is 0.200. The summed E-state index contributed by atoms with van der Waals surface area (Å²) in [5.41, 5.74) is -0.387. The van der Waals surface area contributed by atoms with E-state index in [4.69, 9.17) is 4.52 Å². The summed E-state index contributed by atoms with van der Waals surface area (Å²) in [6.45, 7) is 4.01. The summed E-state index contributed by atoms with van der Waals surface area (Å²) in [6, 6.07) is 1.33. The first-order chi connectivity index (χ1) is 8.93. The van der Waals surface area contributed by atoms with Gasteiger partial charge in [-0.1, -0.05) is 5.16 Å². The number of carboxylic acid groups (broad SMARTS) is 1. The average Bonchev–Trinajstić information content (AvgIpc) is 2.93. The summed E-state index contributed by atoms with van der Waals surface area (Å²) >= 11 is 0. The number of nitrogens with zero attached hydrogens (tertiary/aromatic N) is 2. The monoisotopic (exact) mass is 267 g/mol. The molecule has 1 aliphatic rings. The Morgan fingerprint density at radius 1 is 1.63 bits per heavy atom. The van der Waals surface area contributed by atoms with Crippen molar-refractivity contribution in [2.45, 2.75) is 38.8 Å². The topological polar surface area (TPSA) is 95.7 Å². The van der Waals surface area contributed by atoms with Crippen LogP contribution in [0.15, 0.2) is 10.6 Å². The largest absolute Gasteiger partial charge is 0.480 e. The predicted octanol–water partition coefficient (Wildman–Crippen LogP) is 1.13. The molecular weight excluding hydrogens is 250 g/mol. The molecule has 0 spiro atoms. The molecule has 2 amide bonds. The molecule has 2 N–H and O–H groups in total. The van der Waals surface area contributed by atoms with E-state index in [-0.39, 0.29) is 6.54 Å². The number of amides is 2. The zero-order chi connectivity index (χ0) is 14.0. The van der Waals surface area contributed by atoms with Crippen LogP contribution in [0.5, 0.6) is 0 Å². The van der Waals surface area contributed by atoms with Crippen LogP contribution in [0, 0.1) is 6.92 Å². The molecule has 0 radical (unpaired) electrons. The van der Waals surface area contributed by atoms with E-state index in [1.54, 1.807) is 19.9 Å². The number of aliphatic carboxylic acids is 1. The zero-order valence-electron chi connectivity index (χ0n) is 11.0. The highest BCUT2D eigenvalue weighted by atomic mass is 16.5. The number of nitrogens with one attached hydrogen (secondary N) is 1. The van der Waals surface area contributed by atoms with E-state index >= 15 is 0 Å². The number of hydrogen-bond donors (Lipinski definition) is 2. The molecule has 2 rings (SSSR count). The van der Waals surface area contributed by atoms with Crippen molar-refractivity contribution in [3.8, 4) is 0 Å². The second-order valence-corrected chi connectivity index (χ2v) is 4.93. The predicted molar refractivity (Wildman–Crippen MR) is 65.5 cm³/mol. The van der Waals surface area contributed by atoms with Crippen LogP contribution in [-0.2, 0) is 11.3 Å². The Balaban J connectivity index is 1.98. The molecule has 7 nitrogen and oxygen atoms in total. The summed E-state index contributed by atoms with van der Waals surface area (Å²) in [4.78, 5) is 24.7. The maximum atomic E-state index is 12.0. The normalized spacial score (nSPS) is 22.5. The van der Waals surface area contributed by atoms with Crippen LogP contribution in [0.1, 0.15) is 31.2 Å². The van der Waals surface area contributed by atoms with E-state index in [9.17, 15) is 14.7 Å². The lowest BCUT2D eigenvalue weighted by molar-refractivity contribution is -0.147. The molecule has 0 saturated carbocycles. The van der Waals surface area contributed by atoms with Crippen LogP contribution in [0.4, 0.5) is 4.79 Å². The van der Waals surface area contributed by atoms with E-state index in [0.29, 0.717) is 25.1 Å². The summed E-state index contributed by atoms with van der Waals surface area (Å²) in [5, 5.41) is 15.6. The Bertz CT molecular complexity index is 499. The number of aryl methyl sites for hydroxylation is 1. The molecule has 19 heavy (non-hydrogen) atoms. The fraction of sp³-hybridized carbons (Fsp3) is 0.583. The van der Waals surface area contributed by atoms with E-state index in [2.05, 4.69) is 10.5 Å². The molecule has 1 saturated heterocycles. The quantitative estimate of drug-likeness (QED) is 0.856. The molecule has 0 bridgehead atoms. The van der Waals surface area contributed by atoms with Gasteiger partial charge in [0.05, 0.1) is 12.2 Å². The van der Waals surface area contributed by atoms with Crippen LogP contribution < -0.4 is 5.32 Å². The second kappa shape index (κ2) is 4.91. The number of carbonyl (C=O) groups is 2. The highest BCUT2D eigenvalue weighted by Gasteiger charge is 2.45. The van der Waals surface area contributed by atoms with Gasteiger partial charge in [-0.15, -0.1) is 0 Å². The second-order valence-electron chi connectivity index (χ2n) is 4.93. The molecule has 1 fully saturated rings. The lowest BCUT2D eigenvalue weighted by atomic mass is 10.00. The van der Waals surface area contributed by atoms with Gasteiger partial charge in [-0.25, -0.2) is 9.59 Å². The van der Waals surface area contributed by atoms with Crippen LogP contribution in [0.3, 0.4) is 0 Å². The number of aromatic nitrogens is 1. The van der Waals surface area contributed by atoms with Gasteiger partial charge in [-0.2, -0.15) is 0 Å². The van der Waals surface area contributed by atoms with Gasteiger partial charge in [0, 0.05) is 12.6 Å². The number of urea groups is 1. The summed E-state index contributed by atoms with van der Waals surface area (Å²) in [5.74, 6) is -0.433. The summed E-state index contributed by atoms with van der Waals surface area (Å²) < 4.78 is 4.98. The van der Waals surface area contributed by atoms with E-state index < -0.39 is 17.5 Å². The maximum Gasteiger partial charge on any atom is 0.329 e. The molecule has 2 heterocycles. The van der Waals surface area contributed by atoms with Gasteiger partial charge < -0.3 is 19.8 Å². The van der Waals surface area contributed by atoms with Gasteiger partial charge in [0.2, 0.25) is 0 Å².